The van der Waals surface area contributed by atoms with Crippen LogP contribution in [0.4, 0.5) is 0 Å². The van der Waals surface area contributed by atoms with Crippen LogP contribution in [0.15, 0.2) is 47.0 Å². The second-order valence-electron chi connectivity index (χ2n) is 4.05. The molecule has 8 radical (unpaired) electrons. The van der Waals surface area contributed by atoms with Crippen molar-refractivity contribution in [2.45, 2.75) is 11.6 Å². The molecular weight excluding hydrogens is 203 g/mol. The van der Waals surface area contributed by atoms with Crippen LogP contribution in [0.2, 0.25) is 11.6 Å². The van der Waals surface area contributed by atoms with Crippen molar-refractivity contribution in [1.29, 1.82) is 0 Å². The molecule has 0 aliphatic heterocycles. The van der Waals surface area contributed by atoms with Gasteiger partial charge >= 0.3 is 0 Å². The van der Waals surface area contributed by atoms with Crippen molar-refractivity contribution in [3.63, 3.8) is 0 Å². The maximum absolute atomic E-state index is 10.0. The molecule has 0 bridgehead atoms. The summed E-state index contributed by atoms with van der Waals surface area (Å²) in [6, 6.07) is 9.26. The van der Waals surface area contributed by atoms with Crippen molar-refractivity contribution < 1.29 is 5.11 Å². The molecule has 2 atom stereocenters. The van der Waals surface area contributed by atoms with Crippen molar-refractivity contribution >= 4 is 37.0 Å². The summed E-state index contributed by atoms with van der Waals surface area (Å²) in [4.78, 5) is 0. The van der Waals surface area contributed by atoms with E-state index in [1.807, 2.05) is 30.3 Å². The van der Waals surface area contributed by atoms with Gasteiger partial charge in [-0.2, -0.15) is 0 Å². The van der Waals surface area contributed by atoms with Crippen LogP contribution in [0, 0.1) is 0 Å². The second-order valence-corrected chi connectivity index (χ2v) is 4.05. The third kappa shape index (κ3) is 1.99. The van der Waals surface area contributed by atoms with E-state index >= 15 is 0 Å². The van der Waals surface area contributed by atoms with Crippen molar-refractivity contribution in [1.82, 2.24) is 0 Å². The highest BCUT2D eigenvalue weighted by atomic mass is 16.3. The normalized spacial score (nSPS) is 25.2. The molecule has 0 aromatic heterocycles. The summed E-state index contributed by atoms with van der Waals surface area (Å²) >= 11 is 0. The van der Waals surface area contributed by atoms with Crippen LogP contribution in [-0.4, -0.2) is 36.5 Å². The first-order valence-corrected chi connectivity index (χ1v) is 5.29. The summed E-state index contributed by atoms with van der Waals surface area (Å²) in [5, 5.41) is 10.0. The van der Waals surface area contributed by atoms with Gasteiger partial charge in [0.05, 0.1) is 15.7 Å². The van der Waals surface area contributed by atoms with E-state index in [4.69, 9.17) is 31.4 Å². The van der Waals surface area contributed by atoms with Gasteiger partial charge in [-0.1, -0.05) is 47.4 Å². The van der Waals surface area contributed by atoms with Gasteiger partial charge in [0.1, 0.15) is 21.5 Å². The van der Waals surface area contributed by atoms with Crippen LogP contribution in [0.3, 0.4) is 0 Å². The maximum atomic E-state index is 10.0. The molecule has 17 heavy (non-hydrogen) atoms. The molecule has 2 rings (SSSR count). The third-order valence-electron chi connectivity index (χ3n) is 2.99. The lowest BCUT2D eigenvalue weighted by molar-refractivity contribution is 0.427. The van der Waals surface area contributed by atoms with Gasteiger partial charge in [-0.3, -0.25) is 0 Å². The highest BCUT2D eigenvalue weighted by Crippen LogP contribution is 2.44. The zero-order valence-corrected chi connectivity index (χ0v) is 9.30. The number of allylic oxidation sites excluding steroid dienone is 3. The number of benzene rings is 1. The zero-order valence-electron chi connectivity index (χ0n) is 9.30. The van der Waals surface area contributed by atoms with Crippen molar-refractivity contribution in [2.24, 2.45) is 0 Å². The number of aliphatic hydroxyl groups is 1. The molecule has 1 aromatic rings. The van der Waals surface area contributed by atoms with Gasteiger partial charge in [-0.25, -0.2) is 0 Å². The summed E-state index contributed by atoms with van der Waals surface area (Å²) in [6.45, 7) is 0. The van der Waals surface area contributed by atoms with E-state index in [1.165, 1.54) is 0 Å². The van der Waals surface area contributed by atoms with Crippen molar-refractivity contribution in [3.05, 3.63) is 52.6 Å². The average molecular weight is 211 g/mol. The first-order valence-electron chi connectivity index (χ1n) is 5.29. The fourth-order valence-electron chi connectivity index (χ4n) is 1.94. The number of aliphatic hydroxyl groups excluding tert-OH is 1. The lowest BCUT2D eigenvalue weighted by Crippen LogP contribution is -2.18. The molecule has 0 heterocycles. The van der Waals surface area contributed by atoms with E-state index < -0.39 is 11.6 Å². The van der Waals surface area contributed by atoms with Crippen LogP contribution in [0.1, 0.15) is 5.56 Å². The Morgan fingerprint density at radius 2 is 1.53 bits per heavy atom. The van der Waals surface area contributed by atoms with E-state index in [0.717, 1.165) is 5.56 Å². The molecule has 0 saturated heterocycles. The van der Waals surface area contributed by atoms with Crippen LogP contribution in [0.25, 0.3) is 5.57 Å². The van der Waals surface area contributed by atoms with Gasteiger partial charge in [-0.15, -0.1) is 5.47 Å². The molecule has 1 aliphatic carbocycles. The Labute approximate surface area is 107 Å². The summed E-state index contributed by atoms with van der Waals surface area (Å²) in [5.74, 6) is -1.23. The van der Waals surface area contributed by atoms with E-state index in [9.17, 15) is 5.11 Å². The van der Waals surface area contributed by atoms with E-state index in [1.54, 1.807) is 0 Å². The zero-order chi connectivity index (χ0) is 12.6. The van der Waals surface area contributed by atoms with Crippen LogP contribution in [0.5, 0.6) is 0 Å². The summed E-state index contributed by atoms with van der Waals surface area (Å²) < 4.78 is 0. The summed E-state index contributed by atoms with van der Waals surface area (Å²) in [7, 11) is 23.3. The minimum atomic E-state index is -0.582. The highest BCUT2D eigenvalue weighted by molar-refractivity contribution is 6.41. The fraction of sp³-hybridized carbons (Fsp3) is 0.167. The molecule has 2 unspecified atom stereocenters. The molecule has 1 aliphatic rings. The minimum absolute atomic E-state index is 0.0806. The Morgan fingerprint density at radius 3 is 2.12 bits per heavy atom. The quantitative estimate of drug-likeness (QED) is 0.697. The molecule has 1 aromatic carbocycles. The van der Waals surface area contributed by atoms with E-state index in [0.29, 0.717) is 5.57 Å². The average Bonchev–Trinajstić information content (AvgIpc) is 2.36. The van der Waals surface area contributed by atoms with Crippen molar-refractivity contribution in [3.8, 4) is 0 Å². The lowest BCUT2D eigenvalue weighted by atomic mass is 9.51. The Balaban J connectivity index is 2.59. The van der Waals surface area contributed by atoms with Gasteiger partial charge in [0.15, 0.2) is 0 Å². The standard InChI is InChI=1S/C12H8B4O/c13-8-7(6-4-2-1-3-5-6)12(17)11(16)10(15)9(8)14/h1-5,8-9,17H. The molecule has 1 N–H and O–H groups in total. The molecule has 0 fully saturated rings. The van der Waals surface area contributed by atoms with Gasteiger partial charge < -0.3 is 5.11 Å². The predicted octanol–water partition coefficient (Wildman–Crippen LogP) is 1.43. The predicted molar refractivity (Wildman–Crippen MR) is 73.5 cm³/mol. The SMILES string of the molecule is [B]C1=C([B])C([B])C([B])C(c2ccccc2)=C1O. The monoisotopic (exact) mass is 212 g/mol. The Morgan fingerprint density at radius 1 is 0.941 bits per heavy atom. The largest absolute Gasteiger partial charge is 0.508 e. The molecule has 0 spiro atoms. The topological polar surface area (TPSA) is 20.2 Å². The van der Waals surface area contributed by atoms with Gasteiger partial charge in [0, 0.05) is 0 Å². The fourth-order valence-corrected chi connectivity index (χ4v) is 1.94. The van der Waals surface area contributed by atoms with Gasteiger partial charge in [0.25, 0.3) is 0 Å². The Bertz CT molecular complexity index is 492. The van der Waals surface area contributed by atoms with Crippen LogP contribution < -0.4 is 0 Å². The molecule has 0 amide bonds. The van der Waals surface area contributed by atoms with Gasteiger partial charge in [-0.05, 0) is 11.1 Å². The first-order chi connectivity index (χ1) is 8.04. The maximum Gasteiger partial charge on any atom is 0.117 e. The second kappa shape index (κ2) is 4.56. The number of rotatable bonds is 1. The third-order valence-corrected chi connectivity index (χ3v) is 2.99. The van der Waals surface area contributed by atoms with E-state index in [-0.39, 0.29) is 16.7 Å². The molecule has 74 valence electrons. The Hall–Kier alpha value is -1.24. The van der Waals surface area contributed by atoms with Crippen molar-refractivity contribution in [2.75, 3.05) is 0 Å². The molecule has 5 heteroatoms. The Kier molecular flexibility index (Phi) is 3.28. The first kappa shape index (κ1) is 12.2. The minimum Gasteiger partial charge on any atom is -0.508 e. The number of hydrogen-bond donors (Lipinski definition) is 1. The van der Waals surface area contributed by atoms with Gasteiger partial charge in [0.2, 0.25) is 0 Å². The molecular formula is C12H8B4O. The van der Waals surface area contributed by atoms with E-state index in [2.05, 4.69) is 0 Å². The smallest absolute Gasteiger partial charge is 0.117 e. The molecule has 0 saturated carbocycles. The molecule has 1 nitrogen and oxygen atoms in total. The van der Waals surface area contributed by atoms with Crippen LogP contribution >= 0.6 is 0 Å². The lowest BCUT2D eigenvalue weighted by Gasteiger charge is -2.33. The highest BCUT2D eigenvalue weighted by Gasteiger charge is 2.27. The summed E-state index contributed by atoms with van der Waals surface area (Å²) in [5.41, 5.74) is 1.67. The number of hydrogen-bond acceptors (Lipinski definition) is 1. The summed E-state index contributed by atoms with van der Waals surface area (Å²) in [6.07, 6.45) is 0. The van der Waals surface area contributed by atoms with Crippen LogP contribution in [-0.2, 0) is 0 Å².